The molecule has 0 radical (unpaired) electrons. The third-order valence-corrected chi connectivity index (χ3v) is 5.25. The Morgan fingerprint density at radius 3 is 3.05 bits per heavy atom. The monoisotopic (exact) mass is 294 g/mol. The molecule has 1 unspecified atom stereocenters. The van der Waals surface area contributed by atoms with E-state index >= 15 is 0 Å². The van der Waals surface area contributed by atoms with Crippen molar-refractivity contribution in [3.63, 3.8) is 0 Å². The molecule has 0 saturated carbocycles. The van der Waals surface area contributed by atoms with E-state index in [-0.39, 0.29) is 11.9 Å². The van der Waals surface area contributed by atoms with E-state index in [1.807, 2.05) is 11.3 Å². The second-order valence-electron chi connectivity index (χ2n) is 5.38. The van der Waals surface area contributed by atoms with Crippen LogP contribution in [0.4, 0.5) is 4.79 Å². The van der Waals surface area contributed by atoms with Crippen LogP contribution in [0.5, 0.6) is 0 Å². The smallest absolute Gasteiger partial charge is 0.328 e. The maximum atomic E-state index is 11.9. The van der Waals surface area contributed by atoms with Crippen molar-refractivity contribution < 1.29 is 14.5 Å². The summed E-state index contributed by atoms with van der Waals surface area (Å²) in [7, 11) is 0. The Hall–Kier alpha value is -1.40. The highest BCUT2D eigenvalue weighted by atomic mass is 32.1. The predicted octanol–water partition coefficient (Wildman–Crippen LogP) is 0.540. The number of hydrogen-bond acceptors (Lipinski definition) is 3. The minimum atomic E-state index is -0.236. The van der Waals surface area contributed by atoms with Crippen molar-refractivity contribution in [2.24, 2.45) is 0 Å². The van der Waals surface area contributed by atoms with Gasteiger partial charge in [0.2, 0.25) is 5.91 Å². The number of carbonyl (C=O) groups is 2. The number of amides is 3. The largest absolute Gasteiger partial charge is 0.337 e. The Labute approximate surface area is 122 Å². The van der Waals surface area contributed by atoms with Crippen LogP contribution in [0.15, 0.2) is 11.4 Å². The van der Waals surface area contributed by atoms with E-state index < -0.39 is 0 Å². The number of carbonyl (C=O) groups excluding carboxylic acids is 2. The zero-order valence-electron chi connectivity index (χ0n) is 11.6. The molecule has 1 aromatic heterocycles. The number of nitrogens with zero attached hydrogens (tertiary/aromatic N) is 1. The van der Waals surface area contributed by atoms with Gasteiger partial charge in [0.1, 0.15) is 6.04 Å². The maximum absolute atomic E-state index is 11.9. The van der Waals surface area contributed by atoms with Crippen LogP contribution >= 0.6 is 11.3 Å². The van der Waals surface area contributed by atoms with Crippen LogP contribution in [-0.2, 0) is 11.2 Å². The molecule has 3 rings (SSSR count). The molecule has 3 heterocycles. The number of fused-ring (bicyclic) bond motifs is 1. The molecular formula is C14H20N3O2S+. The molecule has 0 aromatic carbocycles. The zero-order chi connectivity index (χ0) is 14.1. The lowest BCUT2D eigenvalue weighted by Gasteiger charge is -2.36. The van der Waals surface area contributed by atoms with Gasteiger partial charge in [0.15, 0.2) is 6.67 Å². The lowest BCUT2D eigenvalue weighted by atomic mass is 9.98. The Morgan fingerprint density at radius 2 is 2.30 bits per heavy atom. The van der Waals surface area contributed by atoms with Crippen LogP contribution in [0.25, 0.3) is 0 Å². The fourth-order valence-electron chi connectivity index (χ4n) is 3.21. The van der Waals surface area contributed by atoms with Crippen molar-refractivity contribution in [3.8, 4) is 0 Å². The molecular weight excluding hydrogens is 274 g/mol. The van der Waals surface area contributed by atoms with Gasteiger partial charge >= 0.3 is 6.03 Å². The van der Waals surface area contributed by atoms with E-state index in [9.17, 15) is 9.59 Å². The fraction of sp³-hybridized carbons (Fsp3) is 0.571. The molecule has 2 atom stereocenters. The summed E-state index contributed by atoms with van der Waals surface area (Å²) in [5, 5.41) is 4.90. The van der Waals surface area contributed by atoms with E-state index in [0.717, 1.165) is 19.4 Å². The molecule has 108 valence electrons. The molecule has 3 amide bonds. The van der Waals surface area contributed by atoms with Gasteiger partial charge in [0, 0.05) is 36.2 Å². The molecule has 2 N–H and O–H groups in total. The first-order chi connectivity index (χ1) is 9.70. The van der Waals surface area contributed by atoms with E-state index in [1.54, 1.807) is 0 Å². The van der Waals surface area contributed by atoms with Gasteiger partial charge in [0.25, 0.3) is 0 Å². The van der Waals surface area contributed by atoms with E-state index in [0.29, 0.717) is 25.7 Å². The number of hydrogen-bond donors (Lipinski definition) is 2. The third kappa shape index (κ3) is 2.33. The van der Waals surface area contributed by atoms with Crippen LogP contribution in [-0.4, -0.2) is 36.6 Å². The first-order valence-corrected chi connectivity index (χ1v) is 8.07. The number of imide groups is 1. The number of thiophene rings is 1. The van der Waals surface area contributed by atoms with Crippen LogP contribution in [0.1, 0.15) is 36.2 Å². The van der Waals surface area contributed by atoms with Gasteiger partial charge < -0.3 is 10.2 Å². The fourth-order valence-corrected chi connectivity index (χ4v) is 4.16. The summed E-state index contributed by atoms with van der Waals surface area (Å²) in [4.78, 5) is 28.0. The molecule has 5 nitrogen and oxygen atoms in total. The summed E-state index contributed by atoms with van der Waals surface area (Å²) >= 11 is 1.82. The molecule has 2 aliphatic heterocycles. The molecule has 20 heavy (non-hydrogen) atoms. The molecule has 6 heteroatoms. The van der Waals surface area contributed by atoms with Gasteiger partial charge in [-0.25, -0.2) is 9.69 Å². The summed E-state index contributed by atoms with van der Waals surface area (Å²) in [6.45, 7) is 4.12. The highest BCUT2D eigenvalue weighted by Crippen LogP contribution is 2.26. The SMILES string of the molecule is CC[C@@H]1c2ccsc2CC[NH+]1CN1C(=O)CCNC1=O. The zero-order valence-corrected chi connectivity index (χ0v) is 12.5. The van der Waals surface area contributed by atoms with E-state index in [1.165, 1.54) is 20.2 Å². The number of urea groups is 1. The topological polar surface area (TPSA) is 53.9 Å². The summed E-state index contributed by atoms with van der Waals surface area (Å²) in [6, 6.07) is 2.36. The first-order valence-electron chi connectivity index (χ1n) is 7.19. The van der Waals surface area contributed by atoms with E-state index in [4.69, 9.17) is 0 Å². The Kier molecular flexibility index (Phi) is 3.76. The molecule has 2 aliphatic rings. The number of quaternary nitrogens is 1. The molecule has 1 saturated heterocycles. The van der Waals surface area contributed by atoms with Crippen molar-refractivity contribution in [1.82, 2.24) is 10.2 Å². The van der Waals surface area contributed by atoms with Gasteiger partial charge in [-0.2, -0.15) is 0 Å². The van der Waals surface area contributed by atoms with Crippen molar-refractivity contribution in [2.45, 2.75) is 32.2 Å². The minimum Gasteiger partial charge on any atom is -0.337 e. The molecule has 0 aliphatic carbocycles. The first kappa shape index (κ1) is 13.6. The highest BCUT2D eigenvalue weighted by molar-refractivity contribution is 7.10. The van der Waals surface area contributed by atoms with Crippen molar-refractivity contribution in [2.75, 3.05) is 19.8 Å². The highest BCUT2D eigenvalue weighted by Gasteiger charge is 2.35. The average Bonchev–Trinajstić information content (AvgIpc) is 2.91. The van der Waals surface area contributed by atoms with Crippen LogP contribution < -0.4 is 10.2 Å². The van der Waals surface area contributed by atoms with Crippen LogP contribution in [0, 0.1) is 0 Å². The summed E-state index contributed by atoms with van der Waals surface area (Å²) < 4.78 is 0. The Balaban J connectivity index is 1.77. The van der Waals surface area contributed by atoms with Gasteiger partial charge in [-0.3, -0.25) is 4.79 Å². The number of nitrogens with one attached hydrogen (secondary N) is 2. The molecule has 1 fully saturated rings. The normalized spacial score (nSPS) is 26.4. The third-order valence-electron chi connectivity index (χ3n) is 4.25. The maximum Gasteiger partial charge on any atom is 0.328 e. The molecule has 0 spiro atoms. The lowest BCUT2D eigenvalue weighted by molar-refractivity contribution is -0.941. The quantitative estimate of drug-likeness (QED) is 0.855. The second kappa shape index (κ2) is 5.54. The van der Waals surface area contributed by atoms with Gasteiger partial charge in [-0.1, -0.05) is 6.92 Å². The van der Waals surface area contributed by atoms with Gasteiger partial charge in [-0.05, 0) is 11.4 Å². The molecule has 1 aromatic rings. The number of rotatable bonds is 3. The second-order valence-corrected chi connectivity index (χ2v) is 6.38. The average molecular weight is 294 g/mol. The Morgan fingerprint density at radius 1 is 1.45 bits per heavy atom. The van der Waals surface area contributed by atoms with Crippen molar-refractivity contribution >= 4 is 23.3 Å². The Bertz CT molecular complexity index is 512. The minimum absolute atomic E-state index is 0.0489. The van der Waals surface area contributed by atoms with E-state index in [2.05, 4.69) is 23.7 Å². The van der Waals surface area contributed by atoms with Gasteiger partial charge in [0.05, 0.1) is 6.54 Å². The predicted molar refractivity (Wildman–Crippen MR) is 76.6 cm³/mol. The van der Waals surface area contributed by atoms with Crippen LogP contribution in [0.3, 0.4) is 0 Å². The van der Waals surface area contributed by atoms with Gasteiger partial charge in [-0.15, -0.1) is 11.3 Å². The summed E-state index contributed by atoms with van der Waals surface area (Å²) in [5.41, 5.74) is 1.41. The summed E-state index contributed by atoms with van der Waals surface area (Å²) in [6.07, 6.45) is 2.49. The summed E-state index contributed by atoms with van der Waals surface area (Å²) in [5.74, 6) is -0.0489. The molecule has 0 bridgehead atoms. The standard InChI is InChI=1S/C14H19N3O2S/c1-2-11-10-5-8-20-12(10)4-7-16(11)9-17-13(18)3-6-15-14(17)19/h5,8,11H,2-4,6-7,9H2,1H3,(H,15,19)/p+1/t11-/m1/s1. The van der Waals surface area contributed by atoms with Crippen LogP contribution in [0.2, 0.25) is 0 Å². The van der Waals surface area contributed by atoms with Crippen molar-refractivity contribution in [3.05, 3.63) is 21.9 Å². The lowest BCUT2D eigenvalue weighted by Crippen LogP contribution is -3.15. The van der Waals surface area contributed by atoms with Crippen molar-refractivity contribution in [1.29, 1.82) is 0 Å².